The van der Waals surface area contributed by atoms with Crippen molar-refractivity contribution in [3.05, 3.63) is 41.7 Å². The third-order valence-electron chi connectivity index (χ3n) is 3.03. The lowest BCUT2D eigenvalue weighted by molar-refractivity contribution is 0.261. The third kappa shape index (κ3) is 8.31. The topological polar surface area (TPSA) is 46.5 Å². The zero-order valence-electron chi connectivity index (χ0n) is 12.2. The first-order chi connectivity index (χ1) is 9.64. The normalized spacial score (nSPS) is 14.5. The molecular weight excluding hydrogens is 271 g/mol. The lowest BCUT2D eigenvalue weighted by Gasteiger charge is -2.07. The maximum atomic E-state index is 11.8. The largest absolute Gasteiger partial charge is 0.351 e. The molecule has 112 valence electrons. The van der Waals surface area contributed by atoms with Crippen LogP contribution in [0.1, 0.15) is 51.0 Å². The summed E-state index contributed by atoms with van der Waals surface area (Å²) < 4.78 is 16.9. The van der Waals surface area contributed by atoms with Gasteiger partial charge in [0.25, 0.3) is 0 Å². The zero-order valence-corrected chi connectivity index (χ0v) is 13.1. The van der Waals surface area contributed by atoms with E-state index in [0.717, 1.165) is 18.4 Å². The van der Waals surface area contributed by atoms with Crippen LogP contribution in [0.5, 0.6) is 0 Å². The van der Waals surface area contributed by atoms with E-state index in [9.17, 15) is 9.46 Å². The van der Waals surface area contributed by atoms with Crippen molar-refractivity contribution < 1.29 is 14.0 Å². The molecular formula is C16H25O3P. The van der Waals surface area contributed by atoms with Gasteiger partial charge in [-0.2, -0.15) is 0 Å². The van der Waals surface area contributed by atoms with Crippen molar-refractivity contribution in [3.63, 3.8) is 0 Å². The van der Waals surface area contributed by atoms with Crippen LogP contribution in [0, 0.1) is 0 Å². The standard InChI is InChI=1S/C16H25O3P/c1-2-3-4-5-6-10-14-19-20(17,18)15-13-16-11-8-7-9-12-16/h7-9,11-13,15H,2-6,10,14H2,1H3,(H,17,18). The fourth-order valence-electron chi connectivity index (χ4n) is 1.87. The molecule has 4 heteroatoms. The quantitative estimate of drug-likeness (QED) is 0.475. The molecule has 1 N–H and O–H groups in total. The lowest BCUT2D eigenvalue weighted by Crippen LogP contribution is -1.91. The summed E-state index contributed by atoms with van der Waals surface area (Å²) in [5.41, 5.74) is 0.893. The number of hydrogen-bond acceptors (Lipinski definition) is 2. The van der Waals surface area contributed by atoms with Gasteiger partial charge >= 0.3 is 7.60 Å². The predicted octanol–water partition coefficient (Wildman–Crippen LogP) is 5.22. The summed E-state index contributed by atoms with van der Waals surface area (Å²) in [6.45, 7) is 2.53. The summed E-state index contributed by atoms with van der Waals surface area (Å²) in [6, 6.07) is 9.44. The molecule has 0 aliphatic carbocycles. The molecule has 0 saturated heterocycles. The van der Waals surface area contributed by atoms with Gasteiger partial charge in [-0.3, -0.25) is 4.57 Å². The summed E-state index contributed by atoms with van der Waals surface area (Å²) in [5.74, 6) is 1.26. The van der Waals surface area contributed by atoms with E-state index >= 15 is 0 Å². The Balaban J connectivity index is 2.21. The molecule has 0 bridgehead atoms. The van der Waals surface area contributed by atoms with Crippen LogP contribution in [0.4, 0.5) is 0 Å². The Kier molecular flexibility index (Phi) is 8.52. The van der Waals surface area contributed by atoms with Crippen LogP contribution in [-0.2, 0) is 9.09 Å². The van der Waals surface area contributed by atoms with Crippen molar-refractivity contribution in [2.75, 3.05) is 6.61 Å². The maximum absolute atomic E-state index is 11.8. The van der Waals surface area contributed by atoms with Gasteiger partial charge in [-0.25, -0.2) is 0 Å². The summed E-state index contributed by atoms with van der Waals surface area (Å²) in [4.78, 5) is 9.66. The Bertz CT molecular complexity index is 429. The second-order valence-corrected chi connectivity index (χ2v) is 6.58. The van der Waals surface area contributed by atoms with Crippen molar-refractivity contribution >= 4 is 13.7 Å². The van der Waals surface area contributed by atoms with Crippen molar-refractivity contribution in [3.8, 4) is 0 Å². The van der Waals surface area contributed by atoms with Gasteiger partial charge in [0, 0.05) is 5.82 Å². The van der Waals surface area contributed by atoms with Crippen molar-refractivity contribution in [2.24, 2.45) is 0 Å². The molecule has 1 aromatic carbocycles. The van der Waals surface area contributed by atoms with Crippen LogP contribution >= 0.6 is 7.60 Å². The molecule has 0 aliphatic rings. The zero-order chi connectivity index (χ0) is 14.7. The van der Waals surface area contributed by atoms with E-state index in [0.29, 0.717) is 6.61 Å². The minimum atomic E-state index is -3.60. The predicted molar refractivity (Wildman–Crippen MR) is 84.6 cm³/mol. The summed E-state index contributed by atoms with van der Waals surface area (Å²) in [7, 11) is -3.60. The van der Waals surface area contributed by atoms with E-state index in [1.54, 1.807) is 6.08 Å². The molecule has 0 heterocycles. The Hall–Kier alpha value is -0.890. The highest BCUT2D eigenvalue weighted by Gasteiger charge is 2.13. The smallest absolute Gasteiger partial charge is 0.321 e. The van der Waals surface area contributed by atoms with E-state index in [1.807, 2.05) is 30.3 Å². The second-order valence-electron chi connectivity index (χ2n) is 4.89. The van der Waals surface area contributed by atoms with Crippen LogP contribution in [-0.4, -0.2) is 11.5 Å². The van der Waals surface area contributed by atoms with Gasteiger partial charge in [-0.05, 0) is 18.1 Å². The number of benzene rings is 1. The molecule has 0 amide bonds. The fraction of sp³-hybridized carbons (Fsp3) is 0.500. The van der Waals surface area contributed by atoms with Gasteiger partial charge in [-0.1, -0.05) is 69.4 Å². The van der Waals surface area contributed by atoms with E-state index < -0.39 is 7.60 Å². The van der Waals surface area contributed by atoms with Crippen LogP contribution in [0.15, 0.2) is 36.1 Å². The first kappa shape index (κ1) is 17.2. The summed E-state index contributed by atoms with van der Waals surface area (Å²) in [5, 5.41) is 0. The first-order valence-corrected chi connectivity index (χ1v) is 9.00. The van der Waals surface area contributed by atoms with Crippen LogP contribution < -0.4 is 0 Å². The van der Waals surface area contributed by atoms with E-state index in [1.165, 1.54) is 31.5 Å². The molecule has 0 saturated carbocycles. The molecule has 3 nitrogen and oxygen atoms in total. The van der Waals surface area contributed by atoms with Crippen LogP contribution in [0.3, 0.4) is 0 Å². The lowest BCUT2D eigenvalue weighted by atomic mass is 10.1. The summed E-state index contributed by atoms with van der Waals surface area (Å²) >= 11 is 0. The third-order valence-corrected chi connectivity index (χ3v) is 4.11. The minimum Gasteiger partial charge on any atom is -0.321 e. The van der Waals surface area contributed by atoms with Gasteiger partial charge in [0.1, 0.15) is 0 Å². The van der Waals surface area contributed by atoms with Crippen molar-refractivity contribution in [1.29, 1.82) is 0 Å². The highest BCUT2D eigenvalue weighted by molar-refractivity contribution is 7.56. The van der Waals surface area contributed by atoms with Gasteiger partial charge < -0.3 is 9.42 Å². The number of rotatable bonds is 10. The average Bonchev–Trinajstić information content (AvgIpc) is 2.45. The van der Waals surface area contributed by atoms with Crippen molar-refractivity contribution in [2.45, 2.75) is 45.4 Å². The Morgan fingerprint density at radius 2 is 1.75 bits per heavy atom. The first-order valence-electron chi connectivity index (χ1n) is 7.35. The molecule has 0 aliphatic heterocycles. The average molecular weight is 296 g/mol. The van der Waals surface area contributed by atoms with E-state index in [4.69, 9.17) is 4.52 Å². The second kappa shape index (κ2) is 9.93. The molecule has 0 radical (unpaired) electrons. The molecule has 1 unspecified atom stereocenters. The van der Waals surface area contributed by atoms with Gasteiger partial charge in [-0.15, -0.1) is 0 Å². The molecule has 1 atom stereocenters. The Labute approximate surface area is 122 Å². The monoisotopic (exact) mass is 296 g/mol. The van der Waals surface area contributed by atoms with Gasteiger partial charge in [0.15, 0.2) is 0 Å². The van der Waals surface area contributed by atoms with Gasteiger partial charge in [0.2, 0.25) is 0 Å². The Morgan fingerprint density at radius 1 is 1.10 bits per heavy atom. The number of unbranched alkanes of at least 4 members (excludes halogenated alkanes) is 5. The SMILES string of the molecule is CCCCCCCCOP(=O)(O)C=Cc1ccccc1. The molecule has 1 rings (SSSR count). The van der Waals surface area contributed by atoms with E-state index in [-0.39, 0.29) is 0 Å². The molecule has 20 heavy (non-hydrogen) atoms. The highest BCUT2D eigenvalue weighted by atomic mass is 31.2. The van der Waals surface area contributed by atoms with Crippen LogP contribution in [0.2, 0.25) is 0 Å². The number of hydrogen-bond donors (Lipinski definition) is 1. The fourth-order valence-corrected chi connectivity index (χ4v) is 2.70. The molecule has 1 aromatic rings. The Morgan fingerprint density at radius 3 is 2.45 bits per heavy atom. The van der Waals surface area contributed by atoms with Crippen LogP contribution in [0.25, 0.3) is 6.08 Å². The maximum Gasteiger partial charge on any atom is 0.351 e. The molecule has 0 fully saturated rings. The minimum absolute atomic E-state index is 0.346. The molecule has 0 spiro atoms. The summed E-state index contributed by atoms with van der Waals surface area (Å²) in [6.07, 6.45) is 8.43. The van der Waals surface area contributed by atoms with Crippen molar-refractivity contribution in [1.82, 2.24) is 0 Å². The van der Waals surface area contributed by atoms with E-state index in [2.05, 4.69) is 6.92 Å². The highest BCUT2D eigenvalue weighted by Crippen LogP contribution is 2.44. The van der Waals surface area contributed by atoms with Gasteiger partial charge in [0.05, 0.1) is 6.61 Å². The molecule has 0 aromatic heterocycles.